The molecule has 0 aliphatic rings. The Kier molecular flexibility index (Phi) is 6.48. The fourth-order valence-electron chi connectivity index (χ4n) is 1.47. The lowest BCUT2D eigenvalue weighted by Crippen LogP contribution is -2.23. The number of thioether (sulfide) groups is 1. The monoisotopic (exact) mass is 332 g/mol. The Morgan fingerprint density at radius 2 is 1.91 bits per heavy atom. The largest absolute Gasteiger partial charge is 0.465 e. The molecule has 0 saturated carbocycles. The van der Waals surface area contributed by atoms with Gasteiger partial charge in [-0.3, -0.25) is 0 Å². The number of alkyl halides is 3. The number of ether oxygens (including phenoxy) is 1. The van der Waals surface area contributed by atoms with E-state index in [0.29, 0.717) is 0 Å². The van der Waals surface area contributed by atoms with Gasteiger partial charge in [-0.25, -0.2) is 9.79 Å². The lowest BCUT2D eigenvalue weighted by Gasteiger charge is -2.13. The fraction of sp³-hybridized carbons (Fsp3) is 0.286. The highest BCUT2D eigenvalue weighted by molar-refractivity contribution is 8.02. The smallest absolute Gasteiger partial charge is 0.426 e. The number of rotatable bonds is 5. The van der Waals surface area contributed by atoms with Gasteiger partial charge in [-0.1, -0.05) is 30.3 Å². The van der Waals surface area contributed by atoms with Gasteiger partial charge in [-0.15, -0.1) is 11.8 Å². The van der Waals surface area contributed by atoms with E-state index in [-0.39, 0.29) is 11.6 Å². The van der Waals surface area contributed by atoms with Crippen molar-refractivity contribution >= 4 is 23.6 Å². The number of methoxy groups -OCH3 is 1. The zero-order valence-corrected chi connectivity index (χ0v) is 12.8. The number of esters is 1. The third-order valence-corrected chi connectivity index (χ3v) is 3.43. The summed E-state index contributed by atoms with van der Waals surface area (Å²) in [5.74, 6) is -1.36. The van der Waals surface area contributed by atoms with Gasteiger partial charge in [0.25, 0.3) is 0 Å². The first-order chi connectivity index (χ1) is 10.3. The SMILES string of the molecule is COC(=O)/C(=C(\N=C(\C)N)SCc1ccccc1)C(F)(F)F. The summed E-state index contributed by atoms with van der Waals surface area (Å²) in [6.45, 7) is 1.34. The standard InChI is InChI=1S/C14H15F3N2O2S/c1-9(18)19-12(11(13(20)21-2)14(15,16)17)22-8-10-6-4-3-5-7-10/h3-7H,8H2,1-2H3,(H2,18,19)/b12-11-. The number of aliphatic imine (C=N–C) groups is 1. The lowest BCUT2D eigenvalue weighted by molar-refractivity contribution is -0.148. The number of hydrogen-bond acceptors (Lipinski definition) is 4. The molecule has 0 heterocycles. The van der Waals surface area contributed by atoms with E-state index >= 15 is 0 Å². The summed E-state index contributed by atoms with van der Waals surface area (Å²) in [5.41, 5.74) is 4.70. The molecule has 1 rings (SSSR count). The van der Waals surface area contributed by atoms with Crippen LogP contribution in [0.25, 0.3) is 0 Å². The second-order valence-electron chi connectivity index (χ2n) is 4.20. The maximum atomic E-state index is 13.1. The van der Waals surface area contributed by atoms with Crippen molar-refractivity contribution in [3.05, 3.63) is 46.5 Å². The van der Waals surface area contributed by atoms with Crippen LogP contribution >= 0.6 is 11.8 Å². The summed E-state index contributed by atoms with van der Waals surface area (Å²) in [7, 11) is 0.882. The molecule has 0 saturated heterocycles. The van der Waals surface area contributed by atoms with Crippen LogP contribution in [-0.4, -0.2) is 25.1 Å². The van der Waals surface area contributed by atoms with Crippen LogP contribution in [0.1, 0.15) is 12.5 Å². The molecule has 8 heteroatoms. The molecule has 0 amide bonds. The molecular formula is C14H15F3N2O2S. The highest BCUT2D eigenvalue weighted by atomic mass is 32.2. The maximum absolute atomic E-state index is 13.1. The minimum Gasteiger partial charge on any atom is -0.465 e. The first-order valence-corrected chi connectivity index (χ1v) is 7.11. The molecule has 2 N–H and O–H groups in total. The Morgan fingerprint density at radius 1 is 1.32 bits per heavy atom. The number of nitrogens with zero attached hydrogens (tertiary/aromatic N) is 1. The van der Waals surface area contributed by atoms with Gasteiger partial charge in [-0.2, -0.15) is 13.2 Å². The molecular weight excluding hydrogens is 317 g/mol. The van der Waals surface area contributed by atoms with Crippen molar-refractivity contribution in [3.8, 4) is 0 Å². The highest BCUT2D eigenvalue weighted by Gasteiger charge is 2.42. The normalized spacial score (nSPS) is 13.6. The molecule has 1 aromatic carbocycles. The van der Waals surface area contributed by atoms with Crippen LogP contribution < -0.4 is 5.73 Å². The summed E-state index contributed by atoms with van der Waals surface area (Å²) in [6.07, 6.45) is -4.88. The van der Waals surface area contributed by atoms with Gasteiger partial charge < -0.3 is 10.5 Å². The molecule has 120 valence electrons. The fourth-order valence-corrected chi connectivity index (χ4v) is 2.52. The number of amidine groups is 1. The molecule has 0 aromatic heterocycles. The summed E-state index contributed by atoms with van der Waals surface area (Å²) < 4.78 is 43.5. The maximum Gasteiger partial charge on any atom is 0.426 e. The molecule has 0 bridgehead atoms. The molecule has 4 nitrogen and oxygen atoms in total. The van der Waals surface area contributed by atoms with E-state index in [4.69, 9.17) is 5.73 Å². The van der Waals surface area contributed by atoms with E-state index in [9.17, 15) is 18.0 Å². The van der Waals surface area contributed by atoms with Crippen LogP contribution in [0.3, 0.4) is 0 Å². The Balaban J connectivity index is 3.21. The molecule has 0 unspecified atom stereocenters. The average Bonchev–Trinajstić information content (AvgIpc) is 2.43. The van der Waals surface area contributed by atoms with E-state index in [2.05, 4.69) is 9.73 Å². The second kappa shape index (κ2) is 7.88. The van der Waals surface area contributed by atoms with Crippen molar-refractivity contribution in [1.82, 2.24) is 0 Å². The van der Waals surface area contributed by atoms with Crippen molar-refractivity contribution in [2.24, 2.45) is 10.7 Å². The van der Waals surface area contributed by atoms with Crippen LogP contribution in [0.5, 0.6) is 0 Å². The third kappa shape index (κ3) is 5.44. The van der Waals surface area contributed by atoms with Crippen molar-refractivity contribution in [2.45, 2.75) is 18.9 Å². The van der Waals surface area contributed by atoms with Crippen LogP contribution in [0.2, 0.25) is 0 Å². The van der Waals surface area contributed by atoms with E-state index in [1.807, 2.05) is 0 Å². The lowest BCUT2D eigenvalue weighted by atomic mass is 10.2. The summed E-state index contributed by atoms with van der Waals surface area (Å²) in [4.78, 5) is 15.1. The summed E-state index contributed by atoms with van der Waals surface area (Å²) in [6, 6.07) is 8.84. The number of nitrogens with two attached hydrogens (primary N) is 1. The van der Waals surface area contributed by atoms with Gasteiger partial charge in [0.05, 0.1) is 12.9 Å². The van der Waals surface area contributed by atoms with E-state index in [1.54, 1.807) is 30.3 Å². The van der Waals surface area contributed by atoms with Gasteiger partial charge in [0.2, 0.25) is 0 Å². The number of carbonyl (C=O) groups excluding carboxylic acids is 1. The first-order valence-electron chi connectivity index (χ1n) is 6.13. The van der Waals surface area contributed by atoms with Gasteiger partial charge in [0.1, 0.15) is 5.03 Å². The minimum absolute atomic E-state index is 0.0822. The van der Waals surface area contributed by atoms with Crippen molar-refractivity contribution in [1.29, 1.82) is 0 Å². The van der Waals surface area contributed by atoms with Crippen molar-refractivity contribution < 1.29 is 22.7 Å². The van der Waals surface area contributed by atoms with E-state index < -0.39 is 22.7 Å². The second-order valence-corrected chi connectivity index (χ2v) is 5.16. The van der Waals surface area contributed by atoms with Crippen LogP contribution in [0, 0.1) is 0 Å². The third-order valence-electron chi connectivity index (χ3n) is 2.38. The Bertz CT molecular complexity index is 580. The predicted molar refractivity (Wildman–Crippen MR) is 80.1 cm³/mol. The molecule has 0 spiro atoms. The summed E-state index contributed by atoms with van der Waals surface area (Å²) in [5, 5.41) is -0.511. The average molecular weight is 332 g/mol. The Labute approximate surface area is 130 Å². The van der Waals surface area contributed by atoms with Gasteiger partial charge in [-0.05, 0) is 12.5 Å². The minimum atomic E-state index is -4.88. The first kappa shape index (κ1) is 18.1. The highest BCUT2D eigenvalue weighted by Crippen LogP contribution is 2.35. The number of halogens is 3. The van der Waals surface area contributed by atoms with Gasteiger partial charge >= 0.3 is 12.1 Å². The molecule has 0 atom stereocenters. The van der Waals surface area contributed by atoms with E-state index in [1.165, 1.54) is 6.92 Å². The van der Waals surface area contributed by atoms with Crippen molar-refractivity contribution in [3.63, 3.8) is 0 Å². The Morgan fingerprint density at radius 3 is 2.36 bits per heavy atom. The summed E-state index contributed by atoms with van der Waals surface area (Å²) >= 11 is 0.773. The molecule has 22 heavy (non-hydrogen) atoms. The van der Waals surface area contributed by atoms with Crippen LogP contribution in [-0.2, 0) is 15.3 Å². The van der Waals surface area contributed by atoms with Crippen molar-refractivity contribution in [2.75, 3.05) is 7.11 Å². The quantitative estimate of drug-likeness (QED) is 0.389. The number of benzene rings is 1. The molecule has 0 aliphatic carbocycles. The Hall–Kier alpha value is -1.96. The van der Waals surface area contributed by atoms with Gasteiger partial charge in [0, 0.05) is 5.75 Å². The van der Waals surface area contributed by atoms with E-state index in [0.717, 1.165) is 24.4 Å². The zero-order chi connectivity index (χ0) is 16.8. The van der Waals surface area contributed by atoms with Gasteiger partial charge in [0.15, 0.2) is 5.57 Å². The number of hydrogen-bond donors (Lipinski definition) is 1. The molecule has 0 radical (unpaired) electrons. The van der Waals surface area contributed by atoms with Crippen LogP contribution in [0.15, 0.2) is 45.9 Å². The van der Waals surface area contributed by atoms with Crippen LogP contribution in [0.4, 0.5) is 13.2 Å². The molecule has 1 aromatic rings. The zero-order valence-electron chi connectivity index (χ0n) is 12.0. The molecule has 0 aliphatic heterocycles. The predicted octanol–water partition coefficient (Wildman–Crippen LogP) is 3.24. The topological polar surface area (TPSA) is 64.7 Å². The number of carbonyl (C=O) groups is 1. The molecule has 0 fully saturated rings.